The summed E-state index contributed by atoms with van der Waals surface area (Å²) in [7, 11) is 0. The molecule has 0 saturated carbocycles. The van der Waals surface area contributed by atoms with Crippen LogP contribution >= 0.6 is 11.6 Å². The topological polar surface area (TPSA) is 76.1 Å². The maximum absolute atomic E-state index is 12.1. The Kier molecular flexibility index (Phi) is 5.68. The Hall–Kier alpha value is -2.55. The maximum Gasteiger partial charge on any atom is 0.573 e. The molecule has 0 aliphatic carbocycles. The predicted molar refractivity (Wildman–Crippen MR) is 86.9 cm³/mol. The van der Waals surface area contributed by atoms with Gasteiger partial charge in [0.05, 0.1) is 5.69 Å². The van der Waals surface area contributed by atoms with Crippen LogP contribution in [0.5, 0.6) is 5.75 Å². The highest BCUT2D eigenvalue weighted by atomic mass is 35.5. The van der Waals surface area contributed by atoms with Crippen molar-refractivity contribution in [2.45, 2.75) is 26.1 Å². The predicted octanol–water partition coefficient (Wildman–Crippen LogP) is 4.80. The molecular formula is C15H14ClF3N4O2. The molecule has 0 spiro atoms. The number of alkyl halides is 3. The molecule has 1 aromatic carbocycles. The lowest BCUT2D eigenvalue weighted by Crippen LogP contribution is -2.21. The number of aromatic nitrogens is 2. The van der Waals surface area contributed by atoms with Gasteiger partial charge in [-0.1, -0.05) is 25.4 Å². The van der Waals surface area contributed by atoms with Gasteiger partial charge >= 0.3 is 12.4 Å². The highest BCUT2D eigenvalue weighted by Gasteiger charge is 2.30. The number of urea groups is 1. The summed E-state index contributed by atoms with van der Waals surface area (Å²) in [6.07, 6.45) is -4.77. The molecule has 2 rings (SSSR count). The first kappa shape index (κ1) is 18.8. The highest BCUT2D eigenvalue weighted by molar-refractivity contribution is 6.29. The van der Waals surface area contributed by atoms with Crippen molar-refractivity contribution in [1.82, 2.24) is 9.97 Å². The SMILES string of the molecule is CC(C)c1cc(Cl)nc(NC(=O)Nc2ccc(OC(F)(F)F)cc2)n1. The molecule has 0 aliphatic heterocycles. The fraction of sp³-hybridized carbons (Fsp3) is 0.267. The van der Waals surface area contributed by atoms with E-state index in [1.807, 2.05) is 13.8 Å². The second kappa shape index (κ2) is 7.56. The molecular weight excluding hydrogens is 361 g/mol. The summed E-state index contributed by atoms with van der Waals surface area (Å²) >= 11 is 5.88. The molecule has 0 fully saturated rings. The Morgan fingerprint density at radius 3 is 2.36 bits per heavy atom. The molecule has 134 valence electrons. The van der Waals surface area contributed by atoms with Crippen LogP contribution in [-0.2, 0) is 0 Å². The van der Waals surface area contributed by atoms with E-state index >= 15 is 0 Å². The minimum Gasteiger partial charge on any atom is -0.406 e. The van der Waals surface area contributed by atoms with Gasteiger partial charge in [-0.3, -0.25) is 5.32 Å². The molecule has 0 bridgehead atoms. The molecule has 0 unspecified atom stereocenters. The molecule has 0 radical (unpaired) electrons. The number of benzene rings is 1. The molecule has 2 amide bonds. The quantitative estimate of drug-likeness (QED) is 0.754. The van der Waals surface area contributed by atoms with Gasteiger partial charge in [0.15, 0.2) is 0 Å². The van der Waals surface area contributed by atoms with Crippen LogP contribution < -0.4 is 15.4 Å². The smallest absolute Gasteiger partial charge is 0.406 e. The number of halogens is 4. The van der Waals surface area contributed by atoms with Gasteiger partial charge in [-0.15, -0.1) is 13.2 Å². The van der Waals surface area contributed by atoms with Crippen LogP contribution in [0, 0.1) is 0 Å². The first-order valence-corrected chi connectivity index (χ1v) is 7.48. The van der Waals surface area contributed by atoms with Crippen molar-refractivity contribution in [3.63, 3.8) is 0 Å². The molecule has 10 heteroatoms. The molecule has 2 N–H and O–H groups in total. The minimum atomic E-state index is -4.77. The lowest BCUT2D eigenvalue weighted by Gasteiger charge is -2.11. The molecule has 0 saturated heterocycles. The number of rotatable bonds is 4. The van der Waals surface area contributed by atoms with Crippen LogP contribution in [0.1, 0.15) is 25.5 Å². The van der Waals surface area contributed by atoms with Gasteiger partial charge in [0.2, 0.25) is 5.95 Å². The Morgan fingerprint density at radius 1 is 1.16 bits per heavy atom. The van der Waals surface area contributed by atoms with Crippen molar-refractivity contribution in [3.8, 4) is 5.75 Å². The van der Waals surface area contributed by atoms with Crippen molar-refractivity contribution in [3.05, 3.63) is 41.2 Å². The molecule has 1 aromatic heterocycles. The van der Waals surface area contributed by atoms with Crippen LogP contribution in [0.2, 0.25) is 5.15 Å². The van der Waals surface area contributed by atoms with E-state index in [0.717, 1.165) is 12.1 Å². The van der Waals surface area contributed by atoms with Gasteiger partial charge in [-0.2, -0.15) is 0 Å². The third-order valence-corrected chi connectivity index (χ3v) is 3.07. The van der Waals surface area contributed by atoms with Crippen LogP contribution in [0.25, 0.3) is 0 Å². The minimum absolute atomic E-state index is 0.0192. The molecule has 6 nitrogen and oxygen atoms in total. The van der Waals surface area contributed by atoms with E-state index in [2.05, 4.69) is 25.3 Å². The fourth-order valence-electron chi connectivity index (χ4n) is 1.79. The number of anilines is 2. The second-order valence-electron chi connectivity index (χ2n) is 5.25. The Morgan fingerprint density at radius 2 is 1.80 bits per heavy atom. The van der Waals surface area contributed by atoms with E-state index in [0.29, 0.717) is 5.69 Å². The van der Waals surface area contributed by atoms with E-state index in [4.69, 9.17) is 11.6 Å². The largest absolute Gasteiger partial charge is 0.573 e. The van der Waals surface area contributed by atoms with Gasteiger partial charge < -0.3 is 10.1 Å². The first-order chi connectivity index (χ1) is 11.6. The average molecular weight is 375 g/mol. The maximum atomic E-state index is 12.1. The third-order valence-electron chi connectivity index (χ3n) is 2.88. The summed E-state index contributed by atoms with van der Waals surface area (Å²) < 4.78 is 40.0. The number of nitrogens with zero attached hydrogens (tertiary/aromatic N) is 2. The standard InChI is InChI=1S/C15H14ClF3N4O2/c1-8(2)11-7-12(16)22-13(21-11)23-14(24)20-9-3-5-10(6-4-9)25-15(17,18)19/h3-8H,1-2H3,(H2,20,21,22,23,24). The van der Waals surface area contributed by atoms with E-state index in [1.165, 1.54) is 12.1 Å². The monoisotopic (exact) mass is 374 g/mol. The first-order valence-electron chi connectivity index (χ1n) is 7.10. The number of ether oxygens (including phenoxy) is 1. The zero-order chi connectivity index (χ0) is 18.6. The van der Waals surface area contributed by atoms with Crippen LogP contribution in [0.4, 0.5) is 29.6 Å². The van der Waals surface area contributed by atoms with Gasteiger partial charge in [0.25, 0.3) is 0 Å². The number of carbonyl (C=O) groups is 1. The average Bonchev–Trinajstić information content (AvgIpc) is 2.47. The molecule has 25 heavy (non-hydrogen) atoms. The normalized spacial score (nSPS) is 11.3. The van der Waals surface area contributed by atoms with E-state index in [1.54, 1.807) is 6.07 Å². The van der Waals surface area contributed by atoms with E-state index < -0.39 is 18.1 Å². The van der Waals surface area contributed by atoms with Crippen LogP contribution in [0.3, 0.4) is 0 Å². The summed E-state index contributed by atoms with van der Waals surface area (Å²) in [5.74, 6) is -0.283. The summed E-state index contributed by atoms with van der Waals surface area (Å²) in [5.41, 5.74) is 0.919. The van der Waals surface area contributed by atoms with Gasteiger partial charge in [-0.05, 0) is 36.2 Å². The summed E-state index contributed by atoms with van der Waals surface area (Å²) in [6, 6.07) is 5.61. The number of amides is 2. The lowest BCUT2D eigenvalue weighted by atomic mass is 10.1. The number of nitrogens with one attached hydrogen (secondary N) is 2. The summed E-state index contributed by atoms with van der Waals surface area (Å²) in [6.45, 7) is 3.82. The van der Waals surface area contributed by atoms with Crippen molar-refractivity contribution in [2.75, 3.05) is 10.6 Å². The molecule has 2 aromatic rings. The van der Waals surface area contributed by atoms with E-state index in [9.17, 15) is 18.0 Å². The van der Waals surface area contributed by atoms with Gasteiger partial charge in [0.1, 0.15) is 10.9 Å². The molecule has 0 aliphatic rings. The van der Waals surface area contributed by atoms with Crippen molar-refractivity contribution in [1.29, 1.82) is 0 Å². The van der Waals surface area contributed by atoms with Gasteiger partial charge in [-0.25, -0.2) is 14.8 Å². The fourth-order valence-corrected chi connectivity index (χ4v) is 1.98. The van der Waals surface area contributed by atoms with Crippen molar-refractivity contribution >= 4 is 29.3 Å². The Bertz CT molecular complexity index is 751. The van der Waals surface area contributed by atoms with Crippen molar-refractivity contribution < 1.29 is 22.7 Å². The second-order valence-corrected chi connectivity index (χ2v) is 5.63. The highest BCUT2D eigenvalue weighted by Crippen LogP contribution is 2.24. The third kappa shape index (κ3) is 6.11. The van der Waals surface area contributed by atoms with Gasteiger partial charge in [0, 0.05) is 5.69 Å². The Labute approximate surface area is 146 Å². The molecule has 0 atom stereocenters. The molecule has 1 heterocycles. The van der Waals surface area contributed by atoms with Crippen molar-refractivity contribution in [2.24, 2.45) is 0 Å². The van der Waals surface area contributed by atoms with Crippen LogP contribution in [-0.4, -0.2) is 22.4 Å². The number of hydrogen-bond acceptors (Lipinski definition) is 4. The zero-order valence-electron chi connectivity index (χ0n) is 13.2. The zero-order valence-corrected chi connectivity index (χ0v) is 13.9. The Balaban J connectivity index is 2.01. The summed E-state index contributed by atoms with van der Waals surface area (Å²) in [5, 5.41) is 5.03. The number of hydrogen-bond donors (Lipinski definition) is 2. The van der Waals surface area contributed by atoms with Crippen LogP contribution in [0.15, 0.2) is 30.3 Å². The van der Waals surface area contributed by atoms with E-state index in [-0.39, 0.29) is 22.7 Å². The summed E-state index contributed by atoms with van der Waals surface area (Å²) in [4.78, 5) is 20.0. The number of carbonyl (C=O) groups excluding carboxylic acids is 1. The lowest BCUT2D eigenvalue weighted by molar-refractivity contribution is -0.274.